The number of fused-ring (bicyclic) bond motifs is 3. The number of hydrogen-bond donors (Lipinski definition) is 2. The third-order valence-corrected chi connectivity index (χ3v) is 5.88. The second-order valence-electron chi connectivity index (χ2n) is 7.86. The molecule has 0 saturated heterocycles. The second kappa shape index (κ2) is 8.79. The fourth-order valence-corrected chi connectivity index (χ4v) is 4.44. The molecule has 4 rings (SSSR count). The lowest BCUT2D eigenvalue weighted by Gasteiger charge is -2.26. The van der Waals surface area contributed by atoms with Gasteiger partial charge in [0.05, 0.1) is 0 Å². The molecule has 0 aliphatic heterocycles. The van der Waals surface area contributed by atoms with Gasteiger partial charge in [0.25, 0.3) is 0 Å². The normalized spacial score (nSPS) is 16.5. The third-order valence-electron chi connectivity index (χ3n) is 5.88. The van der Waals surface area contributed by atoms with Crippen molar-refractivity contribution < 1.29 is 23.8 Å². The highest BCUT2D eigenvalue weighted by Gasteiger charge is 2.31. The van der Waals surface area contributed by atoms with Gasteiger partial charge in [-0.05, 0) is 55.0 Å². The van der Waals surface area contributed by atoms with Crippen molar-refractivity contribution in [2.45, 2.75) is 51.3 Å². The molecule has 0 bridgehead atoms. The Kier molecular flexibility index (Phi) is 5.93. The van der Waals surface area contributed by atoms with Crippen LogP contribution in [0.1, 0.15) is 42.6 Å². The van der Waals surface area contributed by atoms with Crippen molar-refractivity contribution in [3.05, 3.63) is 71.2 Å². The Morgan fingerprint density at radius 1 is 1.26 bits per heavy atom. The number of carboxylic acid groups (broad SMARTS) is 1. The molecule has 162 valence electrons. The maximum Gasteiger partial charge on any atom is 0.407 e. The largest absolute Gasteiger partial charge is 0.480 e. The van der Waals surface area contributed by atoms with E-state index in [1.165, 1.54) is 12.1 Å². The molecule has 6 nitrogen and oxygen atoms in total. The zero-order valence-corrected chi connectivity index (χ0v) is 17.3. The fourth-order valence-electron chi connectivity index (χ4n) is 4.44. The van der Waals surface area contributed by atoms with Crippen LogP contribution < -0.4 is 5.32 Å². The summed E-state index contributed by atoms with van der Waals surface area (Å²) in [6.07, 6.45) is 1.68. The van der Waals surface area contributed by atoms with Crippen molar-refractivity contribution in [2.24, 2.45) is 0 Å². The highest BCUT2D eigenvalue weighted by atomic mass is 19.1. The van der Waals surface area contributed by atoms with Crippen molar-refractivity contribution >= 4 is 23.0 Å². The van der Waals surface area contributed by atoms with Crippen molar-refractivity contribution in [3.8, 4) is 0 Å². The molecular weight excluding hydrogens is 399 g/mol. The van der Waals surface area contributed by atoms with Crippen LogP contribution in [-0.4, -0.2) is 27.8 Å². The van der Waals surface area contributed by atoms with E-state index in [4.69, 9.17) is 4.74 Å². The number of carboxylic acids is 1. The number of alkyl carbamates (subject to hydrolysis) is 1. The van der Waals surface area contributed by atoms with Crippen molar-refractivity contribution in [1.82, 2.24) is 9.88 Å². The van der Waals surface area contributed by atoms with Gasteiger partial charge in [0, 0.05) is 22.6 Å². The van der Waals surface area contributed by atoms with Gasteiger partial charge >= 0.3 is 12.1 Å². The molecule has 0 radical (unpaired) electrons. The molecular formula is C24H25FN2O4. The van der Waals surface area contributed by atoms with Crippen LogP contribution in [0.5, 0.6) is 0 Å². The van der Waals surface area contributed by atoms with Crippen LogP contribution in [0.15, 0.2) is 48.5 Å². The van der Waals surface area contributed by atoms with E-state index in [1.54, 1.807) is 6.07 Å². The number of aromatic nitrogens is 1. The summed E-state index contributed by atoms with van der Waals surface area (Å²) < 4.78 is 21.2. The quantitative estimate of drug-likeness (QED) is 0.606. The molecule has 0 spiro atoms. The van der Waals surface area contributed by atoms with Crippen LogP contribution in [0.3, 0.4) is 0 Å². The first-order valence-corrected chi connectivity index (χ1v) is 10.5. The molecule has 3 aromatic rings. The fraction of sp³-hybridized carbons (Fsp3) is 0.333. The predicted molar refractivity (Wildman–Crippen MR) is 114 cm³/mol. The number of ether oxygens (including phenoxy) is 1. The summed E-state index contributed by atoms with van der Waals surface area (Å²) in [6.45, 7) is 2.02. The number of carbonyl (C=O) groups excluding carboxylic acids is 1. The lowest BCUT2D eigenvalue weighted by atomic mass is 9.91. The molecule has 1 aromatic heterocycles. The van der Waals surface area contributed by atoms with Gasteiger partial charge < -0.3 is 19.7 Å². The first-order chi connectivity index (χ1) is 15.0. The first kappa shape index (κ1) is 20.9. The maximum absolute atomic E-state index is 14.0. The van der Waals surface area contributed by atoms with E-state index >= 15 is 0 Å². The Morgan fingerprint density at radius 3 is 2.74 bits per heavy atom. The van der Waals surface area contributed by atoms with Gasteiger partial charge in [-0.2, -0.15) is 0 Å². The van der Waals surface area contributed by atoms with E-state index in [9.17, 15) is 19.1 Å². The van der Waals surface area contributed by atoms with E-state index in [2.05, 4.69) is 5.32 Å². The molecule has 2 atom stereocenters. The van der Waals surface area contributed by atoms with Gasteiger partial charge in [0.15, 0.2) is 0 Å². The van der Waals surface area contributed by atoms with E-state index in [0.717, 1.165) is 16.8 Å². The Labute approximate surface area is 179 Å². The Bertz CT molecular complexity index is 1110. The lowest BCUT2D eigenvalue weighted by molar-refractivity contribution is -0.140. The average Bonchev–Trinajstić information content (AvgIpc) is 3.06. The smallest absolute Gasteiger partial charge is 0.407 e. The molecule has 1 aliphatic carbocycles. The van der Waals surface area contributed by atoms with Gasteiger partial charge in [-0.1, -0.05) is 37.3 Å². The van der Waals surface area contributed by atoms with E-state index in [0.29, 0.717) is 36.6 Å². The van der Waals surface area contributed by atoms with Gasteiger partial charge in [-0.15, -0.1) is 0 Å². The van der Waals surface area contributed by atoms with Crippen molar-refractivity contribution in [1.29, 1.82) is 0 Å². The van der Waals surface area contributed by atoms with E-state index in [1.807, 2.05) is 41.8 Å². The number of carbonyl (C=O) groups is 2. The molecule has 0 fully saturated rings. The minimum absolute atomic E-state index is 0.164. The topological polar surface area (TPSA) is 80.6 Å². The molecule has 2 N–H and O–H groups in total. The van der Waals surface area contributed by atoms with Crippen LogP contribution in [0, 0.1) is 5.82 Å². The summed E-state index contributed by atoms with van der Waals surface area (Å²) in [7, 11) is 0. The average molecular weight is 424 g/mol. The Balaban J connectivity index is 1.56. The highest BCUT2D eigenvalue weighted by molar-refractivity contribution is 5.88. The van der Waals surface area contributed by atoms with Gasteiger partial charge in [0.1, 0.15) is 18.5 Å². The number of nitrogens with zero attached hydrogens (tertiary/aromatic N) is 1. The standard InChI is InChI=1S/C24H25FN2O4/c1-2-20(23(28)29)27-21-10-8-16(25)12-18(21)19-13-17(9-11-22(19)27)26-24(30)31-14-15-6-4-3-5-7-15/h3-8,10,12,17,20H,2,9,11,13-14H2,1H3,(H,26,30)(H,28,29). The van der Waals surface area contributed by atoms with Crippen molar-refractivity contribution in [2.75, 3.05) is 0 Å². The van der Waals surface area contributed by atoms with Crippen LogP contribution in [0.4, 0.5) is 9.18 Å². The zero-order chi connectivity index (χ0) is 22.0. The Hall–Kier alpha value is -3.35. The molecule has 2 aromatic carbocycles. The minimum atomic E-state index is -0.906. The predicted octanol–water partition coefficient (Wildman–Crippen LogP) is 4.60. The number of amides is 1. The second-order valence-corrected chi connectivity index (χ2v) is 7.86. The summed E-state index contributed by atoms with van der Waals surface area (Å²) in [5.74, 6) is -1.27. The Morgan fingerprint density at radius 2 is 2.03 bits per heavy atom. The summed E-state index contributed by atoms with van der Waals surface area (Å²) >= 11 is 0. The molecule has 2 unspecified atom stereocenters. The molecule has 0 saturated carbocycles. The highest BCUT2D eigenvalue weighted by Crippen LogP contribution is 2.36. The SMILES string of the molecule is CCC(C(=O)O)n1c2c(c3cc(F)ccc31)CC(NC(=O)OCc1ccccc1)CC2. The third kappa shape index (κ3) is 4.26. The number of nitrogens with one attached hydrogen (secondary N) is 1. The number of halogens is 1. The monoisotopic (exact) mass is 424 g/mol. The number of rotatable bonds is 6. The van der Waals surface area contributed by atoms with Gasteiger partial charge in [-0.3, -0.25) is 0 Å². The molecule has 7 heteroatoms. The lowest BCUT2D eigenvalue weighted by Crippen LogP contribution is -2.39. The molecule has 1 aliphatic rings. The first-order valence-electron chi connectivity index (χ1n) is 10.5. The maximum atomic E-state index is 14.0. The van der Waals surface area contributed by atoms with Crippen LogP contribution >= 0.6 is 0 Å². The number of aliphatic carboxylic acids is 1. The van der Waals surface area contributed by atoms with E-state index in [-0.39, 0.29) is 18.5 Å². The van der Waals surface area contributed by atoms with Crippen LogP contribution in [0.2, 0.25) is 0 Å². The van der Waals surface area contributed by atoms with Gasteiger partial charge in [0.2, 0.25) is 0 Å². The molecule has 31 heavy (non-hydrogen) atoms. The van der Waals surface area contributed by atoms with Crippen LogP contribution in [0.25, 0.3) is 10.9 Å². The summed E-state index contributed by atoms with van der Waals surface area (Å²) in [5, 5.41) is 13.3. The summed E-state index contributed by atoms with van der Waals surface area (Å²) in [4.78, 5) is 24.1. The zero-order valence-electron chi connectivity index (χ0n) is 17.3. The molecule has 1 heterocycles. The summed E-state index contributed by atoms with van der Waals surface area (Å²) in [5.41, 5.74) is 3.42. The van der Waals surface area contributed by atoms with Crippen molar-refractivity contribution in [3.63, 3.8) is 0 Å². The van der Waals surface area contributed by atoms with E-state index < -0.39 is 18.1 Å². The summed E-state index contributed by atoms with van der Waals surface area (Å²) in [6, 6.07) is 13.0. The van der Waals surface area contributed by atoms with Gasteiger partial charge in [-0.25, -0.2) is 14.0 Å². The number of benzene rings is 2. The molecule has 1 amide bonds. The number of hydrogen-bond acceptors (Lipinski definition) is 3. The minimum Gasteiger partial charge on any atom is -0.480 e. The van der Waals surface area contributed by atoms with Crippen LogP contribution in [-0.2, 0) is 29.0 Å².